The number of halogens is 1. The van der Waals surface area contributed by atoms with Crippen molar-refractivity contribution < 1.29 is 32.9 Å². The monoisotopic (exact) mass is 465 g/mol. The molecule has 0 radical (unpaired) electrons. The fourth-order valence-corrected chi connectivity index (χ4v) is 2.89. The minimum Gasteiger partial charge on any atom is -0.462 e. The van der Waals surface area contributed by atoms with Crippen LogP contribution in [0.5, 0.6) is 0 Å². The Kier molecular flexibility index (Phi) is 8.82. The Hall–Kier alpha value is -2.68. The van der Waals surface area contributed by atoms with Crippen molar-refractivity contribution in [3.63, 3.8) is 0 Å². The van der Waals surface area contributed by atoms with Gasteiger partial charge < -0.3 is 18.9 Å². The number of esters is 2. The maximum Gasteiger partial charge on any atom is 0.311 e. The van der Waals surface area contributed by atoms with Crippen molar-refractivity contribution in [3.05, 3.63) is 46.3 Å². The third-order valence-corrected chi connectivity index (χ3v) is 4.88. The molecule has 5 atom stereocenters. The lowest BCUT2D eigenvalue weighted by atomic mass is 9.95. The highest BCUT2D eigenvalue weighted by Gasteiger charge is 2.50. The van der Waals surface area contributed by atoms with Crippen molar-refractivity contribution in [1.29, 1.82) is 0 Å². The lowest BCUT2D eigenvalue weighted by Gasteiger charge is -2.41. The van der Waals surface area contributed by atoms with Crippen molar-refractivity contribution in [2.45, 2.75) is 78.9 Å². The third kappa shape index (κ3) is 7.42. The van der Waals surface area contributed by atoms with Gasteiger partial charge in [0.2, 0.25) is 0 Å². The Labute approximate surface area is 193 Å². The molecule has 1 heterocycles. The highest BCUT2D eigenvalue weighted by molar-refractivity contribution is 5.76. The van der Waals surface area contributed by atoms with Crippen LogP contribution in [0.25, 0.3) is 10.4 Å². The fourth-order valence-electron chi connectivity index (χ4n) is 2.89. The Balaban J connectivity index is 2.29. The molecule has 2 unspecified atom stereocenters. The molecule has 182 valence electrons. The van der Waals surface area contributed by atoms with Crippen LogP contribution in [-0.4, -0.2) is 49.3 Å². The van der Waals surface area contributed by atoms with Crippen molar-refractivity contribution >= 4 is 11.9 Å². The molecule has 1 aromatic rings. The summed E-state index contributed by atoms with van der Waals surface area (Å²) in [6.45, 7) is 9.52. The van der Waals surface area contributed by atoms with Gasteiger partial charge in [-0.3, -0.25) is 9.59 Å². The van der Waals surface area contributed by atoms with Gasteiger partial charge in [-0.1, -0.05) is 35.4 Å². The van der Waals surface area contributed by atoms with Crippen LogP contribution in [0.2, 0.25) is 0 Å². The van der Waals surface area contributed by atoms with E-state index in [2.05, 4.69) is 10.0 Å². The molecule has 0 N–H and O–H groups in total. The van der Waals surface area contributed by atoms with E-state index < -0.39 is 60.1 Å². The Bertz CT molecular complexity index is 861. The van der Waals surface area contributed by atoms with Gasteiger partial charge in [-0.25, -0.2) is 4.39 Å². The lowest BCUT2D eigenvalue weighted by Crippen LogP contribution is -2.59. The first-order valence-corrected chi connectivity index (χ1v) is 10.7. The zero-order valence-corrected chi connectivity index (χ0v) is 19.9. The number of benzene rings is 1. The molecule has 1 saturated heterocycles. The van der Waals surface area contributed by atoms with Crippen LogP contribution >= 0.6 is 0 Å². The van der Waals surface area contributed by atoms with E-state index in [-0.39, 0.29) is 6.61 Å². The maximum atomic E-state index is 15.5. The minimum absolute atomic E-state index is 0.0777. The number of ether oxygens (including phenoxy) is 4. The van der Waals surface area contributed by atoms with E-state index in [0.29, 0.717) is 0 Å². The molecule has 0 bridgehead atoms. The van der Waals surface area contributed by atoms with E-state index >= 15 is 4.39 Å². The summed E-state index contributed by atoms with van der Waals surface area (Å²) in [5, 5.41) is 3.62. The largest absolute Gasteiger partial charge is 0.462 e. The number of hydrogen-bond acceptors (Lipinski definition) is 7. The van der Waals surface area contributed by atoms with Crippen LogP contribution in [0.15, 0.2) is 35.4 Å². The van der Waals surface area contributed by atoms with E-state index in [1.54, 1.807) is 41.5 Å². The topological polar surface area (TPSA) is 120 Å². The van der Waals surface area contributed by atoms with Crippen molar-refractivity contribution in [2.24, 2.45) is 15.9 Å². The first-order valence-electron chi connectivity index (χ1n) is 10.7. The Morgan fingerprint density at radius 3 is 2.24 bits per heavy atom. The number of hydrogen-bond donors (Lipinski definition) is 0. The summed E-state index contributed by atoms with van der Waals surface area (Å²) in [6, 6.07) is 7.86. The van der Waals surface area contributed by atoms with Crippen molar-refractivity contribution in [3.8, 4) is 0 Å². The van der Waals surface area contributed by atoms with Crippen molar-refractivity contribution in [1.82, 2.24) is 0 Å². The summed E-state index contributed by atoms with van der Waals surface area (Å²) in [6.07, 6.45) is -5.93. The molecule has 1 aliphatic rings. The van der Waals surface area contributed by atoms with E-state index in [1.807, 2.05) is 30.3 Å². The molecule has 2 rings (SSSR count). The average molecular weight is 466 g/mol. The van der Waals surface area contributed by atoms with Gasteiger partial charge >= 0.3 is 11.9 Å². The van der Waals surface area contributed by atoms with Crippen molar-refractivity contribution in [2.75, 3.05) is 6.61 Å². The molecule has 0 aliphatic carbocycles. The predicted molar refractivity (Wildman–Crippen MR) is 117 cm³/mol. The number of nitrogens with zero attached hydrogens (tertiary/aromatic N) is 3. The molecule has 1 fully saturated rings. The molecule has 0 amide bonds. The van der Waals surface area contributed by atoms with E-state index in [4.69, 9.17) is 24.5 Å². The summed E-state index contributed by atoms with van der Waals surface area (Å²) >= 11 is 0. The summed E-state index contributed by atoms with van der Waals surface area (Å²) < 4.78 is 37.7. The average Bonchev–Trinajstić information content (AvgIpc) is 2.73. The van der Waals surface area contributed by atoms with Gasteiger partial charge in [-0.15, -0.1) is 0 Å². The molecule has 33 heavy (non-hydrogen) atoms. The Morgan fingerprint density at radius 1 is 1.09 bits per heavy atom. The van der Waals surface area contributed by atoms with E-state index in [0.717, 1.165) is 5.56 Å². The lowest BCUT2D eigenvalue weighted by molar-refractivity contribution is -0.264. The maximum absolute atomic E-state index is 15.5. The first kappa shape index (κ1) is 26.6. The van der Waals surface area contributed by atoms with Gasteiger partial charge in [0.05, 0.1) is 17.4 Å². The molecule has 1 aromatic carbocycles. The Morgan fingerprint density at radius 2 is 1.70 bits per heavy atom. The molecule has 0 saturated carbocycles. The second-order valence-electron chi connectivity index (χ2n) is 9.95. The number of carbonyl (C=O) groups excluding carboxylic acids is 2. The number of carbonyl (C=O) groups is 2. The van der Waals surface area contributed by atoms with Gasteiger partial charge in [0.15, 0.2) is 12.5 Å². The molecule has 9 nitrogen and oxygen atoms in total. The van der Waals surface area contributed by atoms with Crippen LogP contribution in [-0.2, 0) is 35.1 Å². The quantitative estimate of drug-likeness (QED) is 0.253. The van der Waals surface area contributed by atoms with Gasteiger partial charge in [0, 0.05) is 4.91 Å². The van der Waals surface area contributed by atoms with Crippen LogP contribution in [0.4, 0.5) is 4.39 Å². The van der Waals surface area contributed by atoms with E-state index in [9.17, 15) is 9.59 Å². The minimum atomic E-state index is -1.92. The van der Waals surface area contributed by atoms with Crippen LogP contribution in [0.3, 0.4) is 0 Å². The van der Waals surface area contributed by atoms with Gasteiger partial charge in [-0.05, 0) is 52.6 Å². The van der Waals surface area contributed by atoms with Crippen LogP contribution in [0.1, 0.15) is 47.1 Å². The molecule has 1 aliphatic heterocycles. The van der Waals surface area contributed by atoms with Gasteiger partial charge in [0.25, 0.3) is 0 Å². The number of rotatable bonds is 7. The SMILES string of the molecule is CC(C)(C)C(=O)OCC1OC(OCc2ccccc2)[C@H](N=[N+]=[N-])[C@@H](OC(=O)C(C)(C)C)[C@H]1F. The normalized spacial score (nSPS) is 25.6. The summed E-state index contributed by atoms with van der Waals surface area (Å²) in [5.41, 5.74) is 8.15. The molecule has 0 spiro atoms. The molecular weight excluding hydrogens is 433 g/mol. The van der Waals surface area contributed by atoms with Crippen LogP contribution in [0, 0.1) is 10.8 Å². The van der Waals surface area contributed by atoms with Gasteiger partial charge in [0.1, 0.15) is 24.9 Å². The van der Waals surface area contributed by atoms with E-state index in [1.165, 1.54) is 0 Å². The highest BCUT2D eigenvalue weighted by atomic mass is 19.1. The first-order chi connectivity index (χ1) is 15.3. The zero-order valence-electron chi connectivity index (χ0n) is 19.9. The fraction of sp³-hybridized carbons (Fsp3) is 0.652. The summed E-state index contributed by atoms with van der Waals surface area (Å²) in [7, 11) is 0. The highest BCUT2D eigenvalue weighted by Crippen LogP contribution is 2.32. The zero-order chi connectivity index (χ0) is 24.8. The standard InChI is InChI=1S/C23H32FN3O6/c1-22(2,3)20(28)31-13-15-16(24)18(33-21(29)23(4,5)6)17(26-27-25)19(32-15)30-12-14-10-8-7-9-11-14/h7-11,15-19H,12-13H2,1-6H3/t15?,16-,17+,18-,19?/m0/s1. The van der Waals surface area contributed by atoms with Crippen LogP contribution < -0.4 is 0 Å². The molecule has 10 heteroatoms. The molecule has 0 aromatic heterocycles. The van der Waals surface area contributed by atoms with Gasteiger partial charge in [-0.2, -0.15) is 0 Å². The number of alkyl halides is 1. The predicted octanol–water partition coefficient (Wildman–Crippen LogP) is 4.49. The third-order valence-electron chi connectivity index (χ3n) is 4.88. The number of azide groups is 1. The smallest absolute Gasteiger partial charge is 0.311 e. The summed E-state index contributed by atoms with van der Waals surface area (Å²) in [5.74, 6) is -1.22. The second-order valence-corrected chi connectivity index (χ2v) is 9.95. The summed E-state index contributed by atoms with van der Waals surface area (Å²) in [4.78, 5) is 27.5. The molecular formula is C23H32FN3O6. The second kappa shape index (κ2) is 11.0.